The van der Waals surface area contributed by atoms with Crippen LogP contribution in [0.15, 0.2) is 24.3 Å². The van der Waals surface area contributed by atoms with E-state index in [2.05, 4.69) is 36.5 Å². The molecule has 18 heavy (non-hydrogen) atoms. The molecule has 0 aliphatic carbocycles. The minimum Gasteiger partial charge on any atom is -0.394 e. The Morgan fingerprint density at radius 3 is 2.61 bits per heavy atom. The lowest BCUT2D eigenvalue weighted by Gasteiger charge is -2.13. The van der Waals surface area contributed by atoms with Crippen molar-refractivity contribution in [3.05, 3.63) is 35.4 Å². The van der Waals surface area contributed by atoms with Crippen LogP contribution in [0.5, 0.6) is 0 Å². The first-order valence-corrected chi connectivity index (χ1v) is 7.34. The number of carbonyl (C=O) groups excluding carboxylic acids is 1. The zero-order valence-electron chi connectivity index (χ0n) is 11.0. The summed E-state index contributed by atoms with van der Waals surface area (Å²) in [5.41, 5.74) is 2.47. The quantitative estimate of drug-likeness (QED) is 0.795. The van der Waals surface area contributed by atoms with Gasteiger partial charge in [-0.05, 0) is 18.9 Å². The topological polar surface area (TPSA) is 49.3 Å². The number of aliphatic hydroxyl groups excluding tert-OH is 1. The summed E-state index contributed by atoms with van der Waals surface area (Å²) in [6, 6.07) is 8.22. The van der Waals surface area contributed by atoms with Crippen LogP contribution in [-0.4, -0.2) is 29.4 Å². The molecular weight excluding hydrogens is 246 g/mol. The van der Waals surface area contributed by atoms with Crippen LogP contribution >= 0.6 is 11.8 Å². The summed E-state index contributed by atoms with van der Waals surface area (Å²) >= 11 is 1.59. The second-order valence-electron chi connectivity index (χ2n) is 4.33. The second kappa shape index (κ2) is 8.16. The Labute approximate surface area is 113 Å². The molecule has 2 N–H and O–H groups in total. The molecule has 1 unspecified atom stereocenters. The molecule has 0 heterocycles. The van der Waals surface area contributed by atoms with Crippen LogP contribution in [0.25, 0.3) is 0 Å². The Morgan fingerprint density at radius 2 is 2.06 bits per heavy atom. The van der Waals surface area contributed by atoms with Crippen molar-refractivity contribution in [2.24, 2.45) is 0 Å². The van der Waals surface area contributed by atoms with E-state index in [0.717, 1.165) is 12.2 Å². The van der Waals surface area contributed by atoms with Gasteiger partial charge in [-0.25, -0.2) is 0 Å². The van der Waals surface area contributed by atoms with Gasteiger partial charge in [-0.15, -0.1) is 11.8 Å². The highest BCUT2D eigenvalue weighted by molar-refractivity contribution is 7.99. The highest BCUT2D eigenvalue weighted by atomic mass is 32.2. The standard InChI is InChI=1S/C14H21NO2S/c1-3-13(8-16)15-14(17)10-18-9-12-6-4-11(2)5-7-12/h4-7,13,16H,3,8-10H2,1-2H3,(H,15,17). The van der Waals surface area contributed by atoms with Crippen molar-refractivity contribution < 1.29 is 9.90 Å². The van der Waals surface area contributed by atoms with Gasteiger partial charge < -0.3 is 10.4 Å². The monoisotopic (exact) mass is 267 g/mol. The molecule has 4 heteroatoms. The number of hydrogen-bond acceptors (Lipinski definition) is 3. The van der Waals surface area contributed by atoms with Crippen molar-refractivity contribution in [1.82, 2.24) is 5.32 Å². The largest absolute Gasteiger partial charge is 0.394 e. The third kappa shape index (κ3) is 5.56. The molecule has 3 nitrogen and oxygen atoms in total. The maximum absolute atomic E-state index is 11.6. The minimum absolute atomic E-state index is 0.00483. The van der Waals surface area contributed by atoms with Crippen LogP contribution < -0.4 is 5.32 Å². The molecule has 0 fully saturated rings. The summed E-state index contributed by atoms with van der Waals surface area (Å²) in [6.45, 7) is 4.01. The molecule has 1 atom stereocenters. The predicted octanol–water partition coefficient (Wildman–Crippen LogP) is 2.12. The van der Waals surface area contributed by atoms with Crippen LogP contribution in [0.2, 0.25) is 0 Å². The van der Waals surface area contributed by atoms with Gasteiger partial charge in [0.2, 0.25) is 5.91 Å². The van der Waals surface area contributed by atoms with Gasteiger partial charge >= 0.3 is 0 Å². The third-order valence-corrected chi connectivity index (χ3v) is 3.70. The molecule has 1 aromatic carbocycles. The molecule has 0 saturated carbocycles. The molecule has 1 rings (SSSR count). The molecule has 0 aliphatic rings. The first-order valence-electron chi connectivity index (χ1n) is 6.19. The first kappa shape index (κ1) is 15.1. The van der Waals surface area contributed by atoms with Crippen LogP contribution in [-0.2, 0) is 10.5 Å². The number of thioether (sulfide) groups is 1. The fourth-order valence-electron chi connectivity index (χ4n) is 1.49. The van der Waals surface area contributed by atoms with Gasteiger partial charge in [0.15, 0.2) is 0 Å². The summed E-state index contributed by atoms with van der Waals surface area (Å²) in [5.74, 6) is 1.27. The lowest BCUT2D eigenvalue weighted by Crippen LogP contribution is -2.37. The predicted molar refractivity (Wildman–Crippen MR) is 76.6 cm³/mol. The molecule has 0 saturated heterocycles. The maximum atomic E-state index is 11.6. The van der Waals surface area contributed by atoms with Gasteiger partial charge in [0.25, 0.3) is 0 Å². The van der Waals surface area contributed by atoms with Crippen LogP contribution in [0.1, 0.15) is 24.5 Å². The summed E-state index contributed by atoms with van der Waals surface area (Å²) in [4.78, 5) is 11.6. The number of nitrogens with one attached hydrogen (secondary N) is 1. The number of rotatable bonds is 7. The molecule has 1 aromatic rings. The lowest BCUT2D eigenvalue weighted by atomic mass is 10.2. The number of benzene rings is 1. The van der Waals surface area contributed by atoms with E-state index in [4.69, 9.17) is 5.11 Å². The van der Waals surface area contributed by atoms with E-state index in [0.29, 0.717) is 5.75 Å². The third-order valence-electron chi connectivity index (χ3n) is 2.70. The molecule has 0 aliphatic heterocycles. The minimum atomic E-state index is -0.113. The van der Waals surface area contributed by atoms with Crippen molar-refractivity contribution in [2.45, 2.75) is 32.1 Å². The van der Waals surface area contributed by atoms with Crippen LogP contribution in [0, 0.1) is 6.92 Å². The number of aryl methyl sites for hydroxylation is 1. The van der Waals surface area contributed by atoms with Crippen molar-refractivity contribution >= 4 is 17.7 Å². The lowest BCUT2D eigenvalue weighted by molar-refractivity contribution is -0.119. The Balaban J connectivity index is 2.25. The normalized spacial score (nSPS) is 12.2. The highest BCUT2D eigenvalue weighted by Crippen LogP contribution is 2.12. The fourth-order valence-corrected chi connectivity index (χ4v) is 2.29. The van der Waals surface area contributed by atoms with Gasteiger partial charge in [0.05, 0.1) is 18.4 Å². The van der Waals surface area contributed by atoms with Gasteiger partial charge in [-0.2, -0.15) is 0 Å². The Hall–Kier alpha value is -1.00. The summed E-state index contributed by atoms with van der Waals surface area (Å²) in [7, 11) is 0. The SMILES string of the molecule is CCC(CO)NC(=O)CSCc1ccc(C)cc1. The van der Waals surface area contributed by atoms with E-state index < -0.39 is 0 Å². The van der Waals surface area contributed by atoms with E-state index in [1.165, 1.54) is 11.1 Å². The molecule has 1 amide bonds. The van der Waals surface area contributed by atoms with E-state index in [1.807, 2.05) is 6.92 Å². The first-order chi connectivity index (χ1) is 8.65. The van der Waals surface area contributed by atoms with E-state index in [1.54, 1.807) is 11.8 Å². The number of hydrogen-bond donors (Lipinski definition) is 2. The van der Waals surface area contributed by atoms with Crippen molar-refractivity contribution in [3.8, 4) is 0 Å². The zero-order chi connectivity index (χ0) is 13.4. The van der Waals surface area contributed by atoms with Crippen molar-refractivity contribution in [2.75, 3.05) is 12.4 Å². The summed E-state index contributed by atoms with van der Waals surface area (Å²) in [6.07, 6.45) is 0.755. The molecular formula is C14H21NO2S. The zero-order valence-corrected chi connectivity index (χ0v) is 11.8. The number of carbonyl (C=O) groups is 1. The maximum Gasteiger partial charge on any atom is 0.230 e. The number of aliphatic hydroxyl groups is 1. The average molecular weight is 267 g/mol. The molecule has 0 radical (unpaired) electrons. The van der Waals surface area contributed by atoms with Crippen LogP contribution in [0.3, 0.4) is 0 Å². The summed E-state index contributed by atoms with van der Waals surface area (Å²) in [5, 5.41) is 11.8. The van der Waals surface area contributed by atoms with Crippen molar-refractivity contribution in [1.29, 1.82) is 0 Å². The van der Waals surface area contributed by atoms with Crippen LogP contribution in [0.4, 0.5) is 0 Å². The Bertz CT molecular complexity index is 361. The summed E-state index contributed by atoms with van der Waals surface area (Å²) < 4.78 is 0. The molecule has 0 bridgehead atoms. The fraction of sp³-hybridized carbons (Fsp3) is 0.500. The van der Waals surface area contributed by atoms with E-state index in [9.17, 15) is 4.79 Å². The Morgan fingerprint density at radius 1 is 1.39 bits per heavy atom. The Kier molecular flexibility index (Phi) is 6.83. The van der Waals surface area contributed by atoms with Crippen molar-refractivity contribution in [3.63, 3.8) is 0 Å². The van der Waals surface area contributed by atoms with Gasteiger partial charge in [-0.3, -0.25) is 4.79 Å². The number of amides is 1. The van der Waals surface area contributed by atoms with E-state index >= 15 is 0 Å². The highest BCUT2D eigenvalue weighted by Gasteiger charge is 2.08. The van der Waals surface area contributed by atoms with Gasteiger partial charge in [0.1, 0.15) is 0 Å². The van der Waals surface area contributed by atoms with Gasteiger partial charge in [-0.1, -0.05) is 36.8 Å². The second-order valence-corrected chi connectivity index (χ2v) is 5.32. The van der Waals surface area contributed by atoms with Gasteiger partial charge in [0, 0.05) is 5.75 Å². The average Bonchev–Trinajstić information content (AvgIpc) is 2.38. The smallest absolute Gasteiger partial charge is 0.230 e. The molecule has 0 aromatic heterocycles. The molecule has 100 valence electrons. The molecule has 0 spiro atoms. The van der Waals surface area contributed by atoms with E-state index in [-0.39, 0.29) is 18.6 Å².